The molecule has 0 aliphatic heterocycles. The Morgan fingerprint density at radius 1 is 1.62 bits per heavy atom. The zero-order valence-corrected chi connectivity index (χ0v) is 11.0. The maximum atomic E-state index is 3.24. The Hall–Kier alpha value is 1.28. The molecule has 0 fully saturated rings. The normalized spacial score (nSPS) is 7.50. The van der Waals surface area contributed by atoms with Crippen LogP contribution in [0.2, 0.25) is 0 Å². The van der Waals surface area contributed by atoms with E-state index in [1.807, 2.05) is 11.4 Å². The van der Waals surface area contributed by atoms with Crippen molar-refractivity contribution in [3.05, 3.63) is 21.3 Å². The first-order valence-electron chi connectivity index (χ1n) is 1.77. The Morgan fingerprint density at radius 3 is 2.38 bits per heavy atom. The molecule has 0 radical (unpaired) electrons. The molecule has 0 aliphatic carbocycles. The molecular formula is C4H2Br2SZn. The zero-order valence-electron chi connectivity index (χ0n) is 4.03. The zero-order chi connectivity index (χ0) is 6.41. The first-order valence-corrected chi connectivity index (χ1v) is 10.4. The Balaban J connectivity index is 0.000000222. The van der Waals surface area contributed by atoms with E-state index in [1.165, 1.54) is 16.3 Å². The van der Waals surface area contributed by atoms with E-state index in [4.69, 9.17) is 0 Å². The van der Waals surface area contributed by atoms with Crippen molar-refractivity contribution in [1.29, 1.82) is 0 Å². The molecule has 0 aliphatic rings. The van der Waals surface area contributed by atoms with Crippen molar-refractivity contribution >= 4 is 40.9 Å². The van der Waals surface area contributed by atoms with Gasteiger partial charge in [-0.15, -0.1) is 5.38 Å². The first kappa shape index (κ1) is 9.28. The van der Waals surface area contributed by atoms with Gasteiger partial charge >= 0.3 is 30.0 Å². The van der Waals surface area contributed by atoms with Gasteiger partial charge in [0.2, 0.25) is 0 Å². The number of halogens is 2. The molecule has 0 saturated heterocycles. The van der Waals surface area contributed by atoms with E-state index >= 15 is 0 Å². The van der Waals surface area contributed by atoms with Crippen LogP contribution in [-0.2, 0) is 16.3 Å². The van der Waals surface area contributed by atoms with Crippen molar-refractivity contribution in [1.82, 2.24) is 0 Å². The van der Waals surface area contributed by atoms with Gasteiger partial charge in [0.25, 0.3) is 0 Å². The van der Waals surface area contributed by atoms with E-state index in [1.54, 1.807) is 11.3 Å². The van der Waals surface area contributed by atoms with Crippen molar-refractivity contribution < 1.29 is 16.3 Å². The fourth-order valence-corrected chi connectivity index (χ4v) is 1.26. The fraction of sp³-hybridized carbons (Fsp3) is 0. The summed E-state index contributed by atoms with van der Waals surface area (Å²) in [5.41, 5.74) is 0. The summed E-state index contributed by atoms with van der Waals surface area (Å²) in [6, 6.07) is 1.96. The van der Waals surface area contributed by atoms with Crippen LogP contribution in [-0.4, -0.2) is 0 Å². The SMILES string of the molecule is Brc1[c-]scc1.[Zn+][Br]. The molecule has 1 rings (SSSR count). The minimum atomic E-state index is 1.05. The molecule has 40 valence electrons. The molecule has 0 N–H and O–H groups in total. The average Bonchev–Trinajstić information content (AvgIpc) is 2.24. The number of hydrogen-bond donors (Lipinski definition) is 0. The second-order valence-corrected chi connectivity index (χ2v) is 2.44. The van der Waals surface area contributed by atoms with Crippen LogP contribution < -0.4 is 0 Å². The van der Waals surface area contributed by atoms with Crippen molar-refractivity contribution in [3.63, 3.8) is 0 Å². The molecule has 0 amide bonds. The second kappa shape index (κ2) is 6.40. The summed E-state index contributed by atoms with van der Waals surface area (Å²) in [4.78, 5) is 0. The molecule has 4 heteroatoms. The summed E-state index contributed by atoms with van der Waals surface area (Å²) < 4.78 is 1.05. The van der Waals surface area contributed by atoms with Gasteiger partial charge in [-0.3, -0.25) is 0 Å². The van der Waals surface area contributed by atoms with Gasteiger partial charge in [0.15, 0.2) is 0 Å². The Bertz CT molecular complexity index is 118. The number of thiophene rings is 1. The molecule has 0 nitrogen and oxygen atoms in total. The molecule has 1 heterocycles. The van der Waals surface area contributed by atoms with Gasteiger partial charge in [-0.1, -0.05) is 20.4 Å². The van der Waals surface area contributed by atoms with Crippen LogP contribution in [0.25, 0.3) is 0 Å². The van der Waals surface area contributed by atoms with E-state index in [-0.39, 0.29) is 0 Å². The molecule has 1 aromatic rings. The van der Waals surface area contributed by atoms with Crippen LogP contribution >= 0.6 is 40.9 Å². The summed E-state index contributed by atoms with van der Waals surface area (Å²) in [6.45, 7) is 0. The quantitative estimate of drug-likeness (QED) is 0.510. The van der Waals surface area contributed by atoms with Crippen molar-refractivity contribution in [3.8, 4) is 0 Å². The van der Waals surface area contributed by atoms with E-state index in [2.05, 4.69) is 34.9 Å². The topological polar surface area (TPSA) is 0 Å². The first-order chi connectivity index (χ1) is 3.89. The van der Waals surface area contributed by atoms with E-state index in [9.17, 15) is 0 Å². The summed E-state index contributed by atoms with van der Waals surface area (Å²) >= 11 is 9.05. The van der Waals surface area contributed by atoms with Crippen molar-refractivity contribution in [2.45, 2.75) is 0 Å². The van der Waals surface area contributed by atoms with Crippen molar-refractivity contribution in [2.75, 3.05) is 0 Å². The molecule has 0 unspecified atom stereocenters. The van der Waals surface area contributed by atoms with Crippen molar-refractivity contribution in [2.24, 2.45) is 0 Å². The average molecular weight is 307 g/mol. The third kappa shape index (κ3) is 4.19. The van der Waals surface area contributed by atoms with Gasteiger partial charge in [-0.25, -0.2) is 0 Å². The van der Waals surface area contributed by atoms with Crippen LogP contribution in [0.3, 0.4) is 0 Å². The third-order valence-electron chi connectivity index (χ3n) is 0.439. The second-order valence-electron chi connectivity index (χ2n) is 0.871. The molecule has 0 atom stereocenters. The van der Waals surface area contributed by atoms with E-state index in [0.29, 0.717) is 0 Å². The molecule has 1 aromatic heterocycles. The summed E-state index contributed by atoms with van der Waals surface area (Å²) in [6.07, 6.45) is 0. The molecular weight excluding hydrogens is 305 g/mol. The molecule has 0 bridgehead atoms. The molecule has 8 heavy (non-hydrogen) atoms. The Labute approximate surface area is 77.8 Å². The molecule has 0 saturated carbocycles. The Morgan fingerprint density at radius 2 is 2.25 bits per heavy atom. The fourth-order valence-electron chi connectivity index (χ4n) is 0.218. The number of rotatable bonds is 0. The predicted octanol–water partition coefficient (Wildman–Crippen LogP) is 3.15. The van der Waals surface area contributed by atoms with Gasteiger partial charge < -0.3 is 11.3 Å². The standard InChI is InChI=1S/C4H2BrS.BrH.Zn/c5-4-1-2-6-3-4;;/h1-2H;1H;/q-1;;+2/p-1. The van der Waals surface area contributed by atoms with E-state index < -0.39 is 0 Å². The summed E-state index contributed by atoms with van der Waals surface area (Å²) in [5.74, 6) is 0. The van der Waals surface area contributed by atoms with Gasteiger partial charge in [0, 0.05) is 0 Å². The van der Waals surface area contributed by atoms with Gasteiger partial charge in [-0.05, 0) is 0 Å². The van der Waals surface area contributed by atoms with Crippen LogP contribution in [0.1, 0.15) is 0 Å². The van der Waals surface area contributed by atoms with Crippen LogP contribution in [0.15, 0.2) is 15.9 Å². The maximum absolute atomic E-state index is 3.24. The third-order valence-corrected chi connectivity index (χ3v) is 1.77. The summed E-state index contributed by atoms with van der Waals surface area (Å²) in [7, 11) is 0. The van der Waals surface area contributed by atoms with E-state index in [0.717, 1.165) is 4.47 Å². The van der Waals surface area contributed by atoms with Crippen LogP contribution in [0.4, 0.5) is 0 Å². The van der Waals surface area contributed by atoms with Gasteiger partial charge in [0.1, 0.15) is 0 Å². The van der Waals surface area contributed by atoms with Crippen LogP contribution in [0.5, 0.6) is 0 Å². The Kier molecular flexibility index (Phi) is 7.43. The minimum absolute atomic E-state index is 1.05. The molecule has 0 spiro atoms. The van der Waals surface area contributed by atoms with Gasteiger partial charge in [-0.2, -0.15) is 11.4 Å². The predicted molar refractivity (Wildman–Crippen MR) is 39.8 cm³/mol. The van der Waals surface area contributed by atoms with Gasteiger partial charge in [0.05, 0.1) is 0 Å². The summed E-state index contributed by atoms with van der Waals surface area (Å²) in [5, 5.41) is 4.93. The molecule has 0 aromatic carbocycles. The number of hydrogen-bond acceptors (Lipinski definition) is 1. The van der Waals surface area contributed by atoms with Crippen LogP contribution in [0, 0.1) is 5.38 Å². The monoisotopic (exact) mass is 304 g/mol.